The van der Waals surface area contributed by atoms with Gasteiger partial charge in [-0.1, -0.05) is 57.5 Å². The van der Waals surface area contributed by atoms with Crippen LogP contribution in [0.1, 0.15) is 56.8 Å². The van der Waals surface area contributed by atoms with Crippen LogP contribution in [0.25, 0.3) is 10.8 Å². The fourth-order valence-electron chi connectivity index (χ4n) is 5.21. The SMILES string of the molecule is CC(C)(C)[C@H](NC(=O)c1ccc2ccccc2c1OCC1CC2CCC1C2)C(=O)O. The summed E-state index contributed by atoms with van der Waals surface area (Å²) in [6.45, 7) is 6.02. The number of nitrogens with one attached hydrogen (secondary N) is 1. The lowest BCUT2D eigenvalue weighted by molar-refractivity contribution is -0.142. The van der Waals surface area contributed by atoms with Gasteiger partial charge in [0.25, 0.3) is 5.91 Å². The van der Waals surface area contributed by atoms with E-state index >= 15 is 0 Å². The summed E-state index contributed by atoms with van der Waals surface area (Å²) in [5, 5.41) is 14.2. The summed E-state index contributed by atoms with van der Waals surface area (Å²) in [5.41, 5.74) is -0.213. The summed E-state index contributed by atoms with van der Waals surface area (Å²) >= 11 is 0. The number of carboxylic acids is 1. The molecule has 2 bridgehead atoms. The number of carboxylic acid groups (broad SMARTS) is 1. The van der Waals surface area contributed by atoms with Gasteiger partial charge in [0.05, 0.1) is 12.2 Å². The van der Waals surface area contributed by atoms with E-state index < -0.39 is 23.3 Å². The third-order valence-corrected chi connectivity index (χ3v) is 6.84. The predicted octanol–water partition coefficient (Wildman–Crippen LogP) is 4.88. The summed E-state index contributed by atoms with van der Waals surface area (Å²) in [6, 6.07) is 10.5. The molecule has 0 heterocycles. The summed E-state index contributed by atoms with van der Waals surface area (Å²) < 4.78 is 6.33. The molecule has 4 atom stereocenters. The molecule has 2 aromatic carbocycles. The van der Waals surface area contributed by atoms with Gasteiger partial charge in [-0.3, -0.25) is 4.79 Å². The van der Waals surface area contributed by atoms with Crippen LogP contribution >= 0.6 is 0 Å². The van der Waals surface area contributed by atoms with Gasteiger partial charge in [0.1, 0.15) is 11.8 Å². The lowest BCUT2D eigenvalue weighted by Crippen LogP contribution is -2.49. The highest BCUT2D eigenvalue weighted by Crippen LogP contribution is 2.48. The Labute approximate surface area is 177 Å². The first-order chi connectivity index (χ1) is 14.2. The van der Waals surface area contributed by atoms with Crippen molar-refractivity contribution in [3.05, 3.63) is 42.0 Å². The average molecular weight is 410 g/mol. The van der Waals surface area contributed by atoms with Crippen molar-refractivity contribution in [3.63, 3.8) is 0 Å². The van der Waals surface area contributed by atoms with E-state index in [-0.39, 0.29) is 0 Å². The Bertz CT molecular complexity index is 961. The van der Waals surface area contributed by atoms with Gasteiger partial charge in [0.15, 0.2) is 0 Å². The van der Waals surface area contributed by atoms with E-state index in [1.54, 1.807) is 26.8 Å². The molecule has 0 saturated heterocycles. The summed E-state index contributed by atoms with van der Waals surface area (Å²) in [7, 11) is 0. The largest absolute Gasteiger partial charge is 0.492 e. The molecule has 2 aromatic rings. The highest BCUT2D eigenvalue weighted by Gasteiger charge is 2.40. The topological polar surface area (TPSA) is 75.6 Å². The zero-order valence-corrected chi connectivity index (χ0v) is 18.0. The molecule has 2 saturated carbocycles. The number of hydrogen-bond donors (Lipinski definition) is 2. The van der Waals surface area contributed by atoms with Crippen LogP contribution in [0.15, 0.2) is 36.4 Å². The lowest BCUT2D eigenvalue weighted by atomic mass is 9.86. The molecule has 160 valence electrons. The van der Waals surface area contributed by atoms with Crippen LogP contribution in [-0.4, -0.2) is 29.6 Å². The number of fused-ring (bicyclic) bond motifs is 3. The number of amides is 1. The van der Waals surface area contributed by atoms with Gasteiger partial charge in [0.2, 0.25) is 0 Å². The Morgan fingerprint density at radius 3 is 2.53 bits per heavy atom. The van der Waals surface area contributed by atoms with E-state index in [0.29, 0.717) is 23.8 Å². The zero-order chi connectivity index (χ0) is 21.5. The first-order valence-corrected chi connectivity index (χ1v) is 10.9. The monoisotopic (exact) mass is 409 g/mol. The molecule has 0 aromatic heterocycles. The van der Waals surface area contributed by atoms with Crippen LogP contribution in [0, 0.1) is 23.2 Å². The van der Waals surface area contributed by atoms with E-state index in [4.69, 9.17) is 4.74 Å². The number of carbonyl (C=O) groups excluding carboxylic acids is 1. The van der Waals surface area contributed by atoms with Crippen LogP contribution in [0.3, 0.4) is 0 Å². The average Bonchev–Trinajstić information content (AvgIpc) is 3.32. The highest BCUT2D eigenvalue weighted by atomic mass is 16.5. The fraction of sp³-hybridized carbons (Fsp3) is 0.520. The van der Waals surface area contributed by atoms with Gasteiger partial charge in [-0.2, -0.15) is 0 Å². The molecule has 2 aliphatic rings. The number of benzene rings is 2. The van der Waals surface area contributed by atoms with Crippen LogP contribution in [0.2, 0.25) is 0 Å². The smallest absolute Gasteiger partial charge is 0.326 e. The van der Waals surface area contributed by atoms with Gasteiger partial charge >= 0.3 is 5.97 Å². The van der Waals surface area contributed by atoms with Gasteiger partial charge < -0.3 is 15.2 Å². The third kappa shape index (κ3) is 4.03. The Kier molecular flexibility index (Phi) is 5.48. The molecule has 5 nitrogen and oxygen atoms in total. The highest BCUT2D eigenvalue weighted by molar-refractivity contribution is 6.05. The Balaban J connectivity index is 1.62. The molecule has 5 heteroatoms. The van der Waals surface area contributed by atoms with E-state index in [0.717, 1.165) is 22.6 Å². The van der Waals surface area contributed by atoms with Crippen molar-refractivity contribution in [3.8, 4) is 5.75 Å². The van der Waals surface area contributed by atoms with E-state index in [1.165, 1.54) is 25.7 Å². The van der Waals surface area contributed by atoms with Gasteiger partial charge in [-0.25, -0.2) is 4.79 Å². The minimum absolute atomic E-state index is 0.396. The maximum atomic E-state index is 13.1. The molecule has 2 fully saturated rings. The van der Waals surface area contributed by atoms with Crippen molar-refractivity contribution >= 4 is 22.6 Å². The van der Waals surface area contributed by atoms with E-state index in [1.807, 2.05) is 30.3 Å². The molecule has 0 aliphatic heterocycles. The molecular formula is C25H31NO4. The molecule has 0 radical (unpaired) electrons. The summed E-state index contributed by atoms with van der Waals surface area (Å²) in [6.07, 6.45) is 5.14. The minimum atomic E-state index is -1.04. The van der Waals surface area contributed by atoms with Gasteiger partial charge in [-0.05, 0) is 53.9 Å². The van der Waals surface area contributed by atoms with Crippen LogP contribution < -0.4 is 10.1 Å². The zero-order valence-electron chi connectivity index (χ0n) is 18.0. The molecule has 2 N–H and O–H groups in total. The Morgan fingerprint density at radius 2 is 1.90 bits per heavy atom. The Hall–Kier alpha value is -2.56. The first kappa shape index (κ1) is 20.7. The van der Waals surface area contributed by atoms with E-state index in [9.17, 15) is 14.7 Å². The Morgan fingerprint density at radius 1 is 1.13 bits per heavy atom. The third-order valence-electron chi connectivity index (χ3n) is 6.84. The second kappa shape index (κ2) is 7.93. The van der Waals surface area contributed by atoms with Crippen molar-refractivity contribution in [2.24, 2.45) is 23.2 Å². The fourth-order valence-corrected chi connectivity index (χ4v) is 5.21. The minimum Gasteiger partial charge on any atom is -0.492 e. The second-order valence-corrected chi connectivity index (χ2v) is 10.0. The maximum Gasteiger partial charge on any atom is 0.326 e. The molecule has 4 rings (SSSR count). The molecule has 2 aliphatic carbocycles. The van der Waals surface area contributed by atoms with Gasteiger partial charge in [0, 0.05) is 5.39 Å². The van der Waals surface area contributed by atoms with Gasteiger partial charge in [-0.15, -0.1) is 0 Å². The molecule has 30 heavy (non-hydrogen) atoms. The number of rotatable bonds is 6. The molecule has 1 amide bonds. The van der Waals surface area contributed by atoms with Crippen molar-refractivity contribution < 1.29 is 19.4 Å². The van der Waals surface area contributed by atoms with Crippen LogP contribution in [-0.2, 0) is 4.79 Å². The standard InChI is InChI=1S/C25H31NO4/c1-25(2,3)22(24(28)29)26-23(27)20-11-10-16-6-4-5-7-19(16)21(20)30-14-18-13-15-8-9-17(18)12-15/h4-7,10-11,15,17-18,22H,8-9,12-14H2,1-3H3,(H,26,27)(H,28,29)/t15?,17?,18?,22-/m1/s1. The van der Waals surface area contributed by atoms with Crippen molar-refractivity contribution in [1.29, 1.82) is 0 Å². The van der Waals surface area contributed by atoms with Crippen LogP contribution in [0.5, 0.6) is 5.75 Å². The summed E-state index contributed by atoms with van der Waals surface area (Å²) in [4.78, 5) is 24.9. The lowest BCUT2D eigenvalue weighted by Gasteiger charge is -2.28. The number of aliphatic carboxylic acids is 1. The second-order valence-electron chi connectivity index (χ2n) is 10.0. The van der Waals surface area contributed by atoms with E-state index in [2.05, 4.69) is 5.32 Å². The maximum absolute atomic E-state index is 13.1. The first-order valence-electron chi connectivity index (χ1n) is 10.9. The molecule has 0 spiro atoms. The van der Waals surface area contributed by atoms with Crippen molar-refractivity contribution in [2.45, 2.75) is 52.5 Å². The number of hydrogen-bond acceptors (Lipinski definition) is 3. The van der Waals surface area contributed by atoms with Crippen LogP contribution in [0.4, 0.5) is 0 Å². The van der Waals surface area contributed by atoms with Crippen molar-refractivity contribution in [2.75, 3.05) is 6.61 Å². The predicted molar refractivity (Wildman–Crippen MR) is 117 cm³/mol. The number of ether oxygens (including phenoxy) is 1. The van der Waals surface area contributed by atoms with Crippen molar-refractivity contribution in [1.82, 2.24) is 5.32 Å². The quantitative estimate of drug-likeness (QED) is 0.713. The number of carbonyl (C=O) groups is 2. The normalized spacial score (nSPS) is 24.0. The summed E-state index contributed by atoms with van der Waals surface area (Å²) in [5.74, 6) is 1.22. The molecular weight excluding hydrogens is 378 g/mol. The molecule has 3 unspecified atom stereocenters.